The predicted octanol–water partition coefficient (Wildman–Crippen LogP) is 1.57. The molecule has 0 saturated carbocycles. The summed E-state index contributed by atoms with van der Waals surface area (Å²) in [7, 11) is 0. The Kier molecular flexibility index (Phi) is 4.68. The Morgan fingerprint density at radius 2 is 1.80 bits per heavy atom. The van der Waals surface area contributed by atoms with E-state index in [9.17, 15) is 9.59 Å². The number of carboxylic acid groups (broad SMARTS) is 1. The first-order valence-corrected chi connectivity index (χ1v) is 7.65. The van der Waals surface area contributed by atoms with Crippen molar-refractivity contribution in [3.8, 4) is 0 Å². The molecule has 2 heterocycles. The van der Waals surface area contributed by atoms with E-state index in [1.165, 1.54) is 12.8 Å². The van der Waals surface area contributed by atoms with E-state index in [1.807, 2.05) is 4.90 Å². The minimum absolute atomic E-state index is 0.0127. The summed E-state index contributed by atoms with van der Waals surface area (Å²) in [4.78, 5) is 27.8. The summed E-state index contributed by atoms with van der Waals surface area (Å²) in [5, 5.41) is 9.13. The van der Waals surface area contributed by atoms with Gasteiger partial charge in [0.15, 0.2) is 0 Å². The molecule has 1 atom stereocenters. The van der Waals surface area contributed by atoms with Gasteiger partial charge >= 0.3 is 5.97 Å². The Hall–Kier alpha value is -1.10. The van der Waals surface area contributed by atoms with Crippen LogP contribution in [0.1, 0.15) is 46.0 Å². The summed E-state index contributed by atoms with van der Waals surface area (Å²) in [5.41, 5.74) is -0.975. The molecule has 2 aliphatic rings. The first-order chi connectivity index (χ1) is 9.40. The van der Waals surface area contributed by atoms with Crippen LogP contribution in [-0.4, -0.2) is 59.0 Å². The van der Waals surface area contributed by atoms with Crippen molar-refractivity contribution < 1.29 is 14.7 Å². The number of hydrogen-bond donors (Lipinski definition) is 1. The Bertz CT molecular complexity index is 375. The molecular weight excluding hydrogens is 256 g/mol. The van der Waals surface area contributed by atoms with E-state index >= 15 is 0 Å². The maximum absolute atomic E-state index is 12.3. The van der Waals surface area contributed by atoms with Crippen LogP contribution in [0.4, 0.5) is 0 Å². The molecule has 0 aromatic carbocycles. The molecule has 0 radical (unpaired) electrons. The van der Waals surface area contributed by atoms with Crippen LogP contribution in [0, 0.1) is 5.41 Å². The molecule has 2 fully saturated rings. The topological polar surface area (TPSA) is 60.9 Å². The quantitative estimate of drug-likeness (QED) is 0.850. The van der Waals surface area contributed by atoms with Crippen LogP contribution >= 0.6 is 0 Å². The number of likely N-dealkylation sites (tertiary alicyclic amines) is 2. The summed E-state index contributed by atoms with van der Waals surface area (Å²) in [6, 6.07) is 0.475. The van der Waals surface area contributed by atoms with Gasteiger partial charge in [0.1, 0.15) is 0 Å². The van der Waals surface area contributed by atoms with Gasteiger partial charge in [-0.25, -0.2) is 0 Å². The molecule has 20 heavy (non-hydrogen) atoms. The largest absolute Gasteiger partial charge is 0.481 e. The molecule has 2 saturated heterocycles. The highest BCUT2D eigenvalue weighted by atomic mass is 16.4. The lowest BCUT2D eigenvalue weighted by molar-refractivity contribution is -0.152. The Labute approximate surface area is 120 Å². The number of rotatable bonds is 4. The second kappa shape index (κ2) is 6.12. The Morgan fingerprint density at radius 3 is 2.40 bits per heavy atom. The van der Waals surface area contributed by atoms with Crippen molar-refractivity contribution in [2.24, 2.45) is 5.41 Å². The highest BCUT2D eigenvalue weighted by Gasteiger charge is 2.34. The van der Waals surface area contributed by atoms with E-state index in [0.29, 0.717) is 6.04 Å². The van der Waals surface area contributed by atoms with Gasteiger partial charge in [0, 0.05) is 25.6 Å². The normalized spacial score (nSPS) is 24.9. The molecule has 0 spiro atoms. The molecule has 0 aromatic heterocycles. The number of carbonyl (C=O) groups excluding carboxylic acids is 1. The number of carboxylic acids is 1. The van der Waals surface area contributed by atoms with E-state index < -0.39 is 11.4 Å². The fourth-order valence-electron chi connectivity index (χ4n) is 3.15. The van der Waals surface area contributed by atoms with Gasteiger partial charge < -0.3 is 10.0 Å². The third kappa shape index (κ3) is 3.51. The lowest BCUT2D eigenvalue weighted by Gasteiger charge is -2.38. The van der Waals surface area contributed by atoms with Gasteiger partial charge in [0.05, 0.1) is 5.41 Å². The van der Waals surface area contributed by atoms with E-state index in [0.717, 1.165) is 39.0 Å². The van der Waals surface area contributed by atoms with Crippen molar-refractivity contribution >= 4 is 11.9 Å². The first kappa shape index (κ1) is 15.3. The molecule has 5 heteroatoms. The lowest BCUT2D eigenvalue weighted by atomic mass is 9.88. The minimum atomic E-state index is -0.975. The van der Waals surface area contributed by atoms with Crippen LogP contribution in [-0.2, 0) is 9.59 Å². The van der Waals surface area contributed by atoms with Crippen LogP contribution in [0.2, 0.25) is 0 Å². The highest BCUT2D eigenvalue weighted by molar-refractivity contribution is 5.84. The zero-order valence-electron chi connectivity index (χ0n) is 12.6. The minimum Gasteiger partial charge on any atom is -0.481 e. The number of piperidine rings is 1. The van der Waals surface area contributed by atoms with Crippen LogP contribution < -0.4 is 0 Å². The van der Waals surface area contributed by atoms with Crippen molar-refractivity contribution in [2.75, 3.05) is 26.2 Å². The van der Waals surface area contributed by atoms with Crippen molar-refractivity contribution in [1.29, 1.82) is 0 Å². The number of aliphatic carboxylic acids is 1. The van der Waals surface area contributed by atoms with Gasteiger partial charge in [-0.3, -0.25) is 14.5 Å². The third-order valence-corrected chi connectivity index (χ3v) is 4.58. The molecule has 0 aromatic rings. The maximum atomic E-state index is 12.3. The lowest BCUT2D eigenvalue weighted by Crippen LogP contribution is -2.50. The molecule has 1 amide bonds. The van der Waals surface area contributed by atoms with Crippen molar-refractivity contribution in [3.63, 3.8) is 0 Å². The zero-order valence-corrected chi connectivity index (χ0v) is 12.6. The van der Waals surface area contributed by atoms with Gasteiger partial charge in [-0.1, -0.05) is 0 Å². The first-order valence-electron chi connectivity index (χ1n) is 7.65. The van der Waals surface area contributed by atoms with Crippen molar-refractivity contribution in [1.82, 2.24) is 9.80 Å². The van der Waals surface area contributed by atoms with E-state index in [-0.39, 0.29) is 12.3 Å². The molecular formula is C15H26N2O3. The monoisotopic (exact) mass is 282 g/mol. The second-order valence-electron chi connectivity index (χ2n) is 6.74. The number of carbonyl (C=O) groups is 2. The SMILES string of the molecule is CC(C)(CC(=O)N1CCCC(N2CCCC2)C1)C(=O)O. The summed E-state index contributed by atoms with van der Waals surface area (Å²) in [5.74, 6) is -0.916. The average molecular weight is 282 g/mol. The predicted molar refractivity (Wildman–Crippen MR) is 76.4 cm³/mol. The van der Waals surface area contributed by atoms with Crippen LogP contribution in [0.5, 0.6) is 0 Å². The molecule has 2 aliphatic heterocycles. The third-order valence-electron chi connectivity index (χ3n) is 4.58. The Morgan fingerprint density at radius 1 is 1.15 bits per heavy atom. The molecule has 1 N–H and O–H groups in total. The fourth-order valence-corrected chi connectivity index (χ4v) is 3.15. The fraction of sp³-hybridized carbons (Fsp3) is 0.867. The summed E-state index contributed by atoms with van der Waals surface area (Å²) < 4.78 is 0. The van der Waals surface area contributed by atoms with Crippen LogP contribution in [0.15, 0.2) is 0 Å². The van der Waals surface area contributed by atoms with Crippen molar-refractivity contribution in [2.45, 2.75) is 52.0 Å². The van der Waals surface area contributed by atoms with E-state index in [4.69, 9.17) is 5.11 Å². The smallest absolute Gasteiger partial charge is 0.309 e. The highest BCUT2D eigenvalue weighted by Crippen LogP contribution is 2.25. The molecule has 5 nitrogen and oxygen atoms in total. The molecule has 1 unspecified atom stereocenters. The zero-order chi connectivity index (χ0) is 14.8. The standard InChI is InChI=1S/C15H26N2O3/c1-15(2,14(19)20)10-13(18)17-9-5-6-12(11-17)16-7-3-4-8-16/h12H,3-11H2,1-2H3,(H,19,20). The molecule has 2 rings (SSSR count). The summed E-state index contributed by atoms with van der Waals surface area (Å²) in [6.07, 6.45) is 4.80. The average Bonchev–Trinajstić information content (AvgIpc) is 2.92. The Balaban J connectivity index is 1.91. The summed E-state index contributed by atoms with van der Waals surface area (Å²) in [6.45, 7) is 7.08. The van der Waals surface area contributed by atoms with Gasteiger partial charge in [-0.05, 0) is 52.6 Å². The maximum Gasteiger partial charge on any atom is 0.309 e. The van der Waals surface area contributed by atoms with Crippen LogP contribution in [0.25, 0.3) is 0 Å². The van der Waals surface area contributed by atoms with Gasteiger partial charge in [-0.15, -0.1) is 0 Å². The number of amides is 1. The van der Waals surface area contributed by atoms with Crippen LogP contribution in [0.3, 0.4) is 0 Å². The van der Waals surface area contributed by atoms with Gasteiger partial charge in [0.25, 0.3) is 0 Å². The number of nitrogens with zero attached hydrogens (tertiary/aromatic N) is 2. The van der Waals surface area contributed by atoms with E-state index in [2.05, 4.69) is 4.90 Å². The molecule has 0 bridgehead atoms. The van der Waals surface area contributed by atoms with Gasteiger partial charge in [0.2, 0.25) is 5.91 Å². The number of hydrogen-bond acceptors (Lipinski definition) is 3. The second-order valence-corrected chi connectivity index (χ2v) is 6.74. The molecule has 114 valence electrons. The van der Waals surface area contributed by atoms with Crippen molar-refractivity contribution in [3.05, 3.63) is 0 Å². The van der Waals surface area contributed by atoms with Gasteiger partial charge in [-0.2, -0.15) is 0 Å². The molecule has 0 aliphatic carbocycles. The summed E-state index contributed by atoms with van der Waals surface area (Å²) >= 11 is 0. The van der Waals surface area contributed by atoms with E-state index in [1.54, 1.807) is 13.8 Å².